The number of nitrogens with zero attached hydrogens (tertiary/aromatic N) is 1. The Morgan fingerprint density at radius 1 is 1.14 bits per heavy atom. The predicted octanol–water partition coefficient (Wildman–Crippen LogP) is 3.00. The van der Waals surface area contributed by atoms with E-state index in [0.717, 1.165) is 24.6 Å². The van der Waals surface area contributed by atoms with E-state index in [1.807, 2.05) is 12.1 Å². The minimum atomic E-state index is -0.348. The molecule has 5 nitrogen and oxygen atoms in total. The fourth-order valence-corrected chi connectivity index (χ4v) is 3.95. The summed E-state index contributed by atoms with van der Waals surface area (Å²) in [6.07, 6.45) is 7.83. The fourth-order valence-electron chi connectivity index (χ4n) is 3.95. The van der Waals surface area contributed by atoms with E-state index >= 15 is 0 Å². The number of nitro groups is 1. The van der Waals surface area contributed by atoms with E-state index in [0.29, 0.717) is 12.1 Å². The Hall–Kier alpha value is -1.46. The molecule has 2 aliphatic rings. The molecule has 1 saturated heterocycles. The van der Waals surface area contributed by atoms with Crippen molar-refractivity contribution in [1.82, 2.24) is 10.6 Å². The second-order valence-corrected chi connectivity index (χ2v) is 6.56. The van der Waals surface area contributed by atoms with Gasteiger partial charge in [0.2, 0.25) is 0 Å². The number of nitrogens with one attached hydrogen (secondary N) is 2. The van der Waals surface area contributed by atoms with E-state index in [2.05, 4.69) is 10.6 Å². The summed E-state index contributed by atoms with van der Waals surface area (Å²) in [5, 5.41) is 18.1. The molecule has 120 valence electrons. The molecule has 1 aromatic rings. The number of non-ortho nitro benzene ring substituents is 1. The molecule has 1 aliphatic heterocycles. The summed E-state index contributed by atoms with van der Waals surface area (Å²) in [5.74, 6) is 0.735. The second kappa shape index (κ2) is 7.20. The molecule has 3 rings (SSSR count). The Bertz CT molecular complexity index is 497. The summed E-state index contributed by atoms with van der Waals surface area (Å²) in [7, 11) is 0. The van der Waals surface area contributed by atoms with Crippen molar-refractivity contribution < 1.29 is 4.92 Å². The fraction of sp³-hybridized carbons (Fsp3) is 0.647. The minimum Gasteiger partial charge on any atom is -0.314 e. The van der Waals surface area contributed by atoms with E-state index < -0.39 is 0 Å². The van der Waals surface area contributed by atoms with E-state index in [1.54, 1.807) is 12.1 Å². The van der Waals surface area contributed by atoms with Crippen LogP contribution in [0.2, 0.25) is 0 Å². The van der Waals surface area contributed by atoms with Gasteiger partial charge in [0.25, 0.3) is 5.69 Å². The van der Waals surface area contributed by atoms with Gasteiger partial charge in [-0.3, -0.25) is 10.1 Å². The lowest BCUT2D eigenvalue weighted by Crippen LogP contribution is -2.46. The number of hydrogen-bond acceptors (Lipinski definition) is 4. The average molecular weight is 303 g/mol. The highest BCUT2D eigenvalue weighted by atomic mass is 16.6. The number of rotatable bonds is 5. The second-order valence-electron chi connectivity index (χ2n) is 6.56. The number of piperidine rings is 1. The highest BCUT2D eigenvalue weighted by Crippen LogP contribution is 2.32. The molecule has 3 unspecified atom stereocenters. The number of benzene rings is 1. The Morgan fingerprint density at radius 2 is 1.95 bits per heavy atom. The topological polar surface area (TPSA) is 67.2 Å². The molecule has 2 fully saturated rings. The summed E-state index contributed by atoms with van der Waals surface area (Å²) < 4.78 is 0. The molecule has 1 aliphatic carbocycles. The molecule has 1 saturated carbocycles. The highest BCUT2D eigenvalue weighted by molar-refractivity contribution is 5.32. The van der Waals surface area contributed by atoms with Crippen LogP contribution in [0, 0.1) is 16.0 Å². The van der Waals surface area contributed by atoms with Crippen molar-refractivity contribution >= 4 is 5.69 Å². The van der Waals surface area contributed by atoms with Gasteiger partial charge in [0.15, 0.2) is 0 Å². The zero-order valence-corrected chi connectivity index (χ0v) is 13.0. The van der Waals surface area contributed by atoms with Crippen molar-refractivity contribution in [2.24, 2.45) is 5.92 Å². The van der Waals surface area contributed by atoms with E-state index in [1.165, 1.54) is 38.5 Å². The zero-order valence-electron chi connectivity index (χ0n) is 13.0. The third-order valence-electron chi connectivity index (χ3n) is 5.15. The maximum absolute atomic E-state index is 10.7. The van der Waals surface area contributed by atoms with Gasteiger partial charge in [-0.2, -0.15) is 0 Å². The van der Waals surface area contributed by atoms with Crippen LogP contribution >= 0.6 is 0 Å². The highest BCUT2D eigenvalue weighted by Gasteiger charge is 2.33. The largest absolute Gasteiger partial charge is 0.314 e. The molecule has 0 aromatic heterocycles. The Labute approximate surface area is 131 Å². The van der Waals surface area contributed by atoms with Gasteiger partial charge in [0.05, 0.1) is 4.92 Å². The number of hydrogen-bond donors (Lipinski definition) is 2. The molecular formula is C17H25N3O2. The maximum atomic E-state index is 10.7. The molecule has 0 bridgehead atoms. The van der Waals surface area contributed by atoms with Crippen molar-refractivity contribution in [3.05, 3.63) is 39.9 Å². The molecule has 0 radical (unpaired) electrons. The summed E-state index contributed by atoms with van der Waals surface area (Å²) in [6, 6.07) is 8.14. The Morgan fingerprint density at radius 3 is 2.64 bits per heavy atom. The van der Waals surface area contributed by atoms with E-state index in [-0.39, 0.29) is 10.6 Å². The van der Waals surface area contributed by atoms with E-state index in [4.69, 9.17) is 0 Å². The van der Waals surface area contributed by atoms with Crippen molar-refractivity contribution in [3.63, 3.8) is 0 Å². The lowest BCUT2D eigenvalue weighted by Gasteiger charge is -2.33. The van der Waals surface area contributed by atoms with Crippen LogP contribution in [0.25, 0.3) is 0 Å². The normalized spacial score (nSPS) is 28.6. The van der Waals surface area contributed by atoms with Crippen LogP contribution < -0.4 is 10.6 Å². The van der Waals surface area contributed by atoms with Crippen LogP contribution in [0.3, 0.4) is 0 Å². The maximum Gasteiger partial charge on any atom is 0.269 e. The summed E-state index contributed by atoms with van der Waals surface area (Å²) in [4.78, 5) is 10.3. The standard InChI is InChI=1S/C17H25N3O2/c21-20(22)14-9-7-13(8-10-14)12-19-17-6-3-4-15(17)16-5-1-2-11-18-16/h7-10,15-19H,1-6,11-12H2. The van der Waals surface area contributed by atoms with E-state index in [9.17, 15) is 10.1 Å². The van der Waals surface area contributed by atoms with Gasteiger partial charge in [-0.05, 0) is 43.7 Å². The first-order chi connectivity index (χ1) is 10.7. The van der Waals surface area contributed by atoms with Crippen LogP contribution in [-0.4, -0.2) is 23.6 Å². The lowest BCUT2D eigenvalue weighted by atomic mass is 9.88. The van der Waals surface area contributed by atoms with Gasteiger partial charge in [0.1, 0.15) is 0 Å². The van der Waals surface area contributed by atoms with Crippen molar-refractivity contribution in [2.75, 3.05) is 6.54 Å². The molecule has 0 spiro atoms. The monoisotopic (exact) mass is 303 g/mol. The van der Waals surface area contributed by atoms with Gasteiger partial charge in [-0.15, -0.1) is 0 Å². The molecule has 1 heterocycles. The van der Waals surface area contributed by atoms with Crippen LogP contribution in [0.4, 0.5) is 5.69 Å². The van der Waals surface area contributed by atoms with Crippen LogP contribution in [0.5, 0.6) is 0 Å². The predicted molar refractivity (Wildman–Crippen MR) is 86.7 cm³/mol. The Balaban J connectivity index is 1.54. The van der Waals surface area contributed by atoms with Crippen LogP contribution in [0.1, 0.15) is 44.1 Å². The Kier molecular flexibility index (Phi) is 5.05. The van der Waals surface area contributed by atoms with Gasteiger partial charge in [-0.1, -0.05) is 25.0 Å². The smallest absolute Gasteiger partial charge is 0.269 e. The molecule has 2 N–H and O–H groups in total. The molecule has 22 heavy (non-hydrogen) atoms. The summed E-state index contributed by atoms with van der Waals surface area (Å²) in [6.45, 7) is 1.96. The first-order valence-corrected chi connectivity index (χ1v) is 8.44. The minimum absolute atomic E-state index is 0.161. The summed E-state index contributed by atoms with van der Waals surface area (Å²) >= 11 is 0. The van der Waals surface area contributed by atoms with Gasteiger partial charge < -0.3 is 10.6 Å². The third kappa shape index (κ3) is 3.65. The average Bonchev–Trinajstić information content (AvgIpc) is 3.02. The van der Waals surface area contributed by atoms with Gasteiger partial charge in [-0.25, -0.2) is 0 Å². The lowest BCUT2D eigenvalue weighted by molar-refractivity contribution is -0.384. The third-order valence-corrected chi connectivity index (χ3v) is 5.15. The van der Waals surface area contributed by atoms with Crippen molar-refractivity contribution in [3.8, 4) is 0 Å². The van der Waals surface area contributed by atoms with Crippen molar-refractivity contribution in [2.45, 2.75) is 57.2 Å². The molecular weight excluding hydrogens is 278 g/mol. The quantitative estimate of drug-likeness (QED) is 0.648. The molecule has 3 atom stereocenters. The zero-order chi connectivity index (χ0) is 15.4. The van der Waals surface area contributed by atoms with Gasteiger partial charge in [0, 0.05) is 30.8 Å². The molecule has 5 heteroatoms. The first-order valence-electron chi connectivity index (χ1n) is 8.44. The van der Waals surface area contributed by atoms with Crippen molar-refractivity contribution in [1.29, 1.82) is 0 Å². The SMILES string of the molecule is O=[N+]([O-])c1ccc(CNC2CCCC2C2CCCCN2)cc1. The summed E-state index contributed by atoms with van der Waals surface area (Å²) in [5.41, 5.74) is 1.28. The van der Waals surface area contributed by atoms with Gasteiger partial charge >= 0.3 is 0 Å². The molecule has 0 amide bonds. The van der Waals surface area contributed by atoms with Crippen LogP contribution in [-0.2, 0) is 6.54 Å². The molecule has 1 aromatic carbocycles. The van der Waals surface area contributed by atoms with Crippen LogP contribution in [0.15, 0.2) is 24.3 Å². The first kappa shape index (κ1) is 15.4. The number of nitro benzene ring substituents is 1.